The highest BCUT2D eigenvalue weighted by molar-refractivity contribution is 5.98. The maximum Gasteiger partial charge on any atom is 0.456 e. The Morgan fingerprint density at radius 1 is 1.43 bits per heavy atom. The molecule has 0 fully saturated rings. The average Bonchev–Trinajstić information content (AvgIpc) is 3.06. The minimum absolute atomic E-state index is 0.154. The lowest BCUT2D eigenvalue weighted by Gasteiger charge is -2.07. The highest BCUT2D eigenvalue weighted by Crippen LogP contribution is 2.20. The van der Waals surface area contributed by atoms with Crippen molar-refractivity contribution in [1.82, 2.24) is 24.8 Å². The van der Waals surface area contributed by atoms with E-state index in [0.29, 0.717) is 5.69 Å². The van der Waals surface area contributed by atoms with Crippen LogP contribution >= 0.6 is 0 Å². The van der Waals surface area contributed by atoms with Crippen LogP contribution in [0.3, 0.4) is 0 Å². The van der Waals surface area contributed by atoms with E-state index in [0.717, 1.165) is 17.3 Å². The lowest BCUT2D eigenvalue weighted by Crippen LogP contribution is -2.23. The van der Waals surface area contributed by atoms with Gasteiger partial charge in [0, 0.05) is 12.2 Å². The number of carbonyl (C=O) groups is 1. The van der Waals surface area contributed by atoms with Gasteiger partial charge in [-0.05, 0) is 19.4 Å². The first-order valence-corrected chi connectivity index (χ1v) is 6.37. The average molecular weight is 301 g/mol. The number of carbonyl (C=O) groups excluding carboxylic acids is 1. The molecule has 0 radical (unpaired) electrons. The van der Waals surface area contributed by atoms with Gasteiger partial charge in [-0.2, -0.15) is 18.3 Å². The minimum atomic E-state index is -4.95. The summed E-state index contributed by atoms with van der Waals surface area (Å²) in [5.74, 6) is -2.00. The topological polar surface area (TPSA) is 65.6 Å². The highest BCUT2D eigenvalue weighted by atomic mass is 19.4. The predicted molar refractivity (Wildman–Crippen MR) is 66.7 cm³/mol. The van der Waals surface area contributed by atoms with Gasteiger partial charge >= 0.3 is 6.18 Å². The Morgan fingerprint density at radius 2 is 2.14 bits per heavy atom. The number of halogens is 3. The molecule has 2 rings (SSSR count). The van der Waals surface area contributed by atoms with Crippen molar-refractivity contribution in [3.63, 3.8) is 0 Å². The molecular weight excluding hydrogens is 287 g/mol. The summed E-state index contributed by atoms with van der Waals surface area (Å²) in [4.78, 5) is 11.0. The molecule has 1 atom stereocenters. The molecule has 1 unspecified atom stereocenters. The van der Waals surface area contributed by atoms with Crippen molar-refractivity contribution in [2.24, 2.45) is 0 Å². The standard InChI is InChI=1S/C12H14F3N5O/c1-3-8(2)20-5-4-9(17-20)6-19-7-10(16-18-19)11(21)12(13,14)15/h4-5,7-8H,3,6H2,1-2H3. The van der Waals surface area contributed by atoms with Crippen molar-refractivity contribution < 1.29 is 18.0 Å². The van der Waals surface area contributed by atoms with Gasteiger partial charge in [0.15, 0.2) is 5.69 Å². The van der Waals surface area contributed by atoms with Gasteiger partial charge in [0.2, 0.25) is 0 Å². The van der Waals surface area contributed by atoms with Crippen LogP contribution in [0.25, 0.3) is 0 Å². The molecule has 9 heteroatoms. The van der Waals surface area contributed by atoms with Crippen molar-refractivity contribution in [2.45, 2.75) is 39.0 Å². The van der Waals surface area contributed by atoms with Crippen LogP contribution < -0.4 is 0 Å². The molecule has 0 aliphatic heterocycles. The van der Waals surface area contributed by atoms with Gasteiger partial charge in [-0.15, -0.1) is 5.10 Å². The van der Waals surface area contributed by atoms with Gasteiger partial charge in [0.1, 0.15) is 0 Å². The van der Waals surface area contributed by atoms with E-state index in [1.54, 1.807) is 16.9 Å². The van der Waals surface area contributed by atoms with Crippen LogP contribution in [0, 0.1) is 0 Å². The monoisotopic (exact) mass is 301 g/mol. The Bertz CT molecular complexity index is 631. The third kappa shape index (κ3) is 3.47. The Hall–Kier alpha value is -2.19. The van der Waals surface area contributed by atoms with E-state index in [-0.39, 0.29) is 12.6 Å². The molecule has 114 valence electrons. The van der Waals surface area contributed by atoms with E-state index in [4.69, 9.17) is 0 Å². The first-order chi connectivity index (χ1) is 9.81. The lowest BCUT2D eigenvalue weighted by atomic mass is 10.3. The number of alkyl halides is 3. The van der Waals surface area contributed by atoms with Crippen molar-refractivity contribution in [3.8, 4) is 0 Å². The summed E-state index contributed by atoms with van der Waals surface area (Å²) >= 11 is 0. The molecule has 0 aromatic carbocycles. The van der Waals surface area contributed by atoms with E-state index in [1.807, 2.05) is 13.8 Å². The van der Waals surface area contributed by atoms with Crippen LogP contribution in [-0.4, -0.2) is 36.7 Å². The number of rotatable bonds is 5. The Balaban J connectivity index is 2.09. The molecule has 6 nitrogen and oxygen atoms in total. The Kier molecular flexibility index (Phi) is 4.10. The van der Waals surface area contributed by atoms with Crippen LogP contribution in [0.1, 0.15) is 42.5 Å². The molecule has 0 amide bonds. The molecule has 0 bridgehead atoms. The summed E-state index contributed by atoms with van der Waals surface area (Å²) in [7, 11) is 0. The maximum atomic E-state index is 12.3. The largest absolute Gasteiger partial charge is 0.456 e. The van der Waals surface area contributed by atoms with Crippen LogP contribution in [-0.2, 0) is 6.54 Å². The summed E-state index contributed by atoms with van der Waals surface area (Å²) in [5, 5.41) is 11.1. The molecule has 2 aromatic rings. The number of aromatic nitrogens is 5. The summed E-state index contributed by atoms with van der Waals surface area (Å²) in [6.45, 7) is 4.19. The molecule has 0 saturated carbocycles. The van der Waals surface area contributed by atoms with E-state index in [2.05, 4.69) is 15.4 Å². The van der Waals surface area contributed by atoms with Crippen LogP contribution in [0.2, 0.25) is 0 Å². The summed E-state index contributed by atoms with van der Waals surface area (Å²) < 4.78 is 39.7. The number of nitrogens with zero attached hydrogens (tertiary/aromatic N) is 5. The SMILES string of the molecule is CCC(C)n1ccc(Cn2cc(C(=O)C(F)(F)F)nn2)n1. The molecule has 0 saturated heterocycles. The fourth-order valence-corrected chi connectivity index (χ4v) is 1.69. The third-order valence-corrected chi connectivity index (χ3v) is 3.06. The van der Waals surface area contributed by atoms with Crippen molar-refractivity contribution in [3.05, 3.63) is 29.8 Å². The van der Waals surface area contributed by atoms with Gasteiger partial charge < -0.3 is 0 Å². The second kappa shape index (κ2) is 5.66. The summed E-state index contributed by atoms with van der Waals surface area (Å²) in [5.41, 5.74) is -0.0879. The van der Waals surface area contributed by atoms with E-state index in [9.17, 15) is 18.0 Å². The molecule has 0 aliphatic carbocycles. The molecule has 0 aliphatic rings. The molecular formula is C12H14F3N5O. The highest BCUT2D eigenvalue weighted by Gasteiger charge is 2.41. The van der Waals surface area contributed by atoms with E-state index in [1.165, 1.54) is 0 Å². The normalized spacial score (nSPS) is 13.4. The number of hydrogen-bond acceptors (Lipinski definition) is 4. The van der Waals surface area contributed by atoms with Crippen LogP contribution in [0.5, 0.6) is 0 Å². The molecule has 2 aromatic heterocycles. The second-order valence-corrected chi connectivity index (χ2v) is 4.67. The Morgan fingerprint density at radius 3 is 2.76 bits per heavy atom. The number of ketones is 1. The van der Waals surface area contributed by atoms with Crippen LogP contribution in [0.15, 0.2) is 18.5 Å². The zero-order valence-corrected chi connectivity index (χ0v) is 11.5. The minimum Gasteiger partial charge on any atom is -0.282 e. The fourth-order valence-electron chi connectivity index (χ4n) is 1.69. The van der Waals surface area contributed by atoms with Crippen molar-refractivity contribution in [2.75, 3.05) is 0 Å². The molecule has 0 spiro atoms. The molecule has 2 heterocycles. The summed E-state index contributed by atoms with van der Waals surface area (Å²) in [6.07, 6.45) is -1.27. The summed E-state index contributed by atoms with van der Waals surface area (Å²) in [6, 6.07) is 1.98. The first kappa shape index (κ1) is 15.2. The molecule has 0 N–H and O–H groups in total. The van der Waals surface area contributed by atoms with E-state index >= 15 is 0 Å². The van der Waals surface area contributed by atoms with Crippen molar-refractivity contribution >= 4 is 5.78 Å². The quantitative estimate of drug-likeness (QED) is 0.794. The maximum absolute atomic E-state index is 12.3. The third-order valence-electron chi connectivity index (χ3n) is 3.06. The fraction of sp³-hybridized carbons (Fsp3) is 0.500. The lowest BCUT2D eigenvalue weighted by molar-refractivity contribution is -0.0888. The van der Waals surface area contributed by atoms with Gasteiger partial charge in [-0.3, -0.25) is 9.48 Å². The van der Waals surface area contributed by atoms with Crippen LogP contribution in [0.4, 0.5) is 13.2 Å². The van der Waals surface area contributed by atoms with Gasteiger partial charge in [-0.25, -0.2) is 4.68 Å². The first-order valence-electron chi connectivity index (χ1n) is 6.37. The number of Topliss-reactive ketones (excluding diaryl/α,β-unsaturated/α-hetero) is 1. The van der Waals surface area contributed by atoms with E-state index < -0.39 is 17.7 Å². The predicted octanol–water partition coefficient (Wildman–Crippen LogP) is 2.24. The van der Waals surface area contributed by atoms with Gasteiger partial charge in [-0.1, -0.05) is 12.1 Å². The number of hydrogen-bond donors (Lipinski definition) is 0. The van der Waals surface area contributed by atoms with Gasteiger partial charge in [0.05, 0.1) is 18.4 Å². The second-order valence-electron chi connectivity index (χ2n) is 4.67. The smallest absolute Gasteiger partial charge is 0.282 e. The zero-order valence-electron chi connectivity index (χ0n) is 11.5. The zero-order chi connectivity index (χ0) is 15.6. The Labute approximate surface area is 118 Å². The van der Waals surface area contributed by atoms with Gasteiger partial charge in [0.25, 0.3) is 5.78 Å². The van der Waals surface area contributed by atoms with Crippen molar-refractivity contribution in [1.29, 1.82) is 0 Å². The molecule has 21 heavy (non-hydrogen) atoms.